The number of benzene rings is 2. The molecule has 1 heterocycles. The fourth-order valence-electron chi connectivity index (χ4n) is 2.74. The molecule has 2 aromatic carbocycles. The number of sulfonamides is 1. The van der Waals surface area contributed by atoms with Crippen LogP contribution in [0, 0.1) is 0 Å². The molecule has 136 valence electrons. The molecule has 3 rings (SSSR count). The molecule has 0 fully saturated rings. The molecule has 26 heavy (non-hydrogen) atoms. The predicted octanol–water partition coefficient (Wildman–Crippen LogP) is 3.44. The van der Waals surface area contributed by atoms with Gasteiger partial charge in [0.1, 0.15) is 5.75 Å². The summed E-state index contributed by atoms with van der Waals surface area (Å²) in [6.45, 7) is 4.49. The zero-order valence-electron chi connectivity index (χ0n) is 14.7. The van der Waals surface area contributed by atoms with Crippen molar-refractivity contribution in [2.75, 3.05) is 6.61 Å². The Bertz CT molecular complexity index is 1020. The Hall–Kier alpha value is -2.80. The van der Waals surface area contributed by atoms with Gasteiger partial charge in [0.05, 0.1) is 17.7 Å². The van der Waals surface area contributed by atoms with E-state index >= 15 is 0 Å². The predicted molar refractivity (Wildman–Crippen MR) is 103 cm³/mol. The van der Waals surface area contributed by atoms with Crippen molar-refractivity contribution >= 4 is 27.1 Å². The Morgan fingerprint density at radius 2 is 1.92 bits per heavy atom. The van der Waals surface area contributed by atoms with E-state index in [1.165, 1.54) is 23.9 Å². The van der Waals surface area contributed by atoms with Crippen LogP contribution in [0.5, 0.6) is 5.75 Å². The molecule has 1 aromatic heterocycles. The van der Waals surface area contributed by atoms with Crippen molar-refractivity contribution < 1.29 is 13.2 Å². The standard InChI is InChI=1S/C19H21N3O3S/c1-3-14-6-5-7-18-15(12-20-19(14)18)13-21-22-26(23,24)17-10-8-16(9-11-17)25-4-2/h5-13,20,22H,3-4H2,1-2H3. The lowest BCUT2D eigenvalue weighted by Gasteiger charge is -2.05. The smallest absolute Gasteiger partial charge is 0.276 e. The minimum absolute atomic E-state index is 0.130. The van der Waals surface area contributed by atoms with E-state index in [9.17, 15) is 8.42 Å². The highest BCUT2D eigenvalue weighted by Gasteiger charge is 2.12. The summed E-state index contributed by atoms with van der Waals surface area (Å²) in [6.07, 6.45) is 4.24. The summed E-state index contributed by atoms with van der Waals surface area (Å²) in [5.74, 6) is 0.625. The number of ether oxygens (including phenoxy) is 1. The molecule has 0 atom stereocenters. The summed E-state index contributed by atoms with van der Waals surface area (Å²) in [4.78, 5) is 5.60. The molecule has 0 amide bonds. The Labute approximate surface area is 152 Å². The number of aromatic amines is 1. The number of hydrazone groups is 1. The minimum Gasteiger partial charge on any atom is -0.494 e. The largest absolute Gasteiger partial charge is 0.494 e. The van der Waals surface area contributed by atoms with Crippen molar-refractivity contribution in [2.24, 2.45) is 5.10 Å². The van der Waals surface area contributed by atoms with E-state index in [0.717, 1.165) is 22.9 Å². The van der Waals surface area contributed by atoms with Crippen molar-refractivity contribution in [3.63, 3.8) is 0 Å². The zero-order chi connectivity index (χ0) is 18.6. The summed E-state index contributed by atoms with van der Waals surface area (Å²) in [5, 5.41) is 4.92. The van der Waals surface area contributed by atoms with Crippen molar-refractivity contribution in [1.82, 2.24) is 9.82 Å². The molecular weight excluding hydrogens is 350 g/mol. The van der Waals surface area contributed by atoms with Crippen LogP contribution in [-0.2, 0) is 16.4 Å². The highest BCUT2D eigenvalue weighted by molar-refractivity contribution is 7.89. The van der Waals surface area contributed by atoms with Crippen LogP contribution in [0.2, 0.25) is 0 Å². The number of hydrogen-bond acceptors (Lipinski definition) is 4. The van der Waals surface area contributed by atoms with Crippen LogP contribution < -0.4 is 9.57 Å². The fraction of sp³-hybridized carbons (Fsp3) is 0.211. The second-order valence-electron chi connectivity index (χ2n) is 5.69. The Morgan fingerprint density at radius 1 is 1.15 bits per heavy atom. The van der Waals surface area contributed by atoms with E-state index in [1.54, 1.807) is 12.1 Å². The molecule has 0 spiro atoms. The molecule has 6 nitrogen and oxygen atoms in total. The molecule has 2 N–H and O–H groups in total. The van der Waals surface area contributed by atoms with Gasteiger partial charge in [0, 0.05) is 22.7 Å². The van der Waals surface area contributed by atoms with Crippen LogP contribution in [0.1, 0.15) is 25.0 Å². The van der Waals surface area contributed by atoms with Crippen molar-refractivity contribution in [1.29, 1.82) is 0 Å². The van der Waals surface area contributed by atoms with Gasteiger partial charge in [-0.1, -0.05) is 25.1 Å². The molecule has 0 aliphatic carbocycles. The van der Waals surface area contributed by atoms with Crippen molar-refractivity contribution in [3.8, 4) is 5.75 Å². The lowest BCUT2D eigenvalue weighted by Crippen LogP contribution is -2.18. The van der Waals surface area contributed by atoms with Crippen LogP contribution in [-0.4, -0.2) is 26.2 Å². The molecule has 3 aromatic rings. The summed E-state index contributed by atoms with van der Waals surface area (Å²) in [7, 11) is -3.72. The number of aryl methyl sites for hydroxylation is 1. The number of nitrogens with zero attached hydrogens (tertiary/aromatic N) is 1. The quantitative estimate of drug-likeness (QED) is 0.493. The summed E-state index contributed by atoms with van der Waals surface area (Å²) in [5.41, 5.74) is 3.08. The molecule has 0 unspecified atom stereocenters. The summed E-state index contributed by atoms with van der Waals surface area (Å²) in [6, 6.07) is 12.2. The molecule has 0 aliphatic heterocycles. The van der Waals surface area contributed by atoms with E-state index in [1.807, 2.05) is 25.3 Å². The molecule has 0 aliphatic rings. The lowest BCUT2D eigenvalue weighted by molar-refractivity contribution is 0.340. The SMILES string of the molecule is CCOc1ccc(S(=O)(=O)NN=Cc2c[nH]c3c(CC)cccc23)cc1. The van der Waals surface area contributed by atoms with Gasteiger partial charge in [0.25, 0.3) is 10.0 Å². The van der Waals surface area contributed by atoms with E-state index in [-0.39, 0.29) is 4.90 Å². The molecule has 0 saturated carbocycles. The number of aromatic nitrogens is 1. The first kappa shape index (κ1) is 18.0. The van der Waals surface area contributed by atoms with Gasteiger partial charge in [-0.2, -0.15) is 13.5 Å². The Morgan fingerprint density at radius 3 is 2.62 bits per heavy atom. The third kappa shape index (κ3) is 3.72. The van der Waals surface area contributed by atoms with E-state index < -0.39 is 10.0 Å². The molecule has 0 bridgehead atoms. The normalized spacial score (nSPS) is 11.9. The molecule has 7 heteroatoms. The highest BCUT2D eigenvalue weighted by atomic mass is 32.2. The first-order chi connectivity index (χ1) is 12.5. The molecule has 0 saturated heterocycles. The summed E-state index contributed by atoms with van der Waals surface area (Å²) >= 11 is 0. The highest BCUT2D eigenvalue weighted by Crippen LogP contribution is 2.21. The Kier molecular flexibility index (Phi) is 5.27. The number of para-hydroxylation sites is 1. The third-order valence-electron chi connectivity index (χ3n) is 4.04. The second-order valence-corrected chi connectivity index (χ2v) is 7.36. The van der Waals surface area contributed by atoms with Crippen LogP contribution in [0.3, 0.4) is 0 Å². The average molecular weight is 371 g/mol. The van der Waals surface area contributed by atoms with Gasteiger partial charge in [-0.15, -0.1) is 0 Å². The maximum absolute atomic E-state index is 12.3. The van der Waals surface area contributed by atoms with Crippen LogP contribution in [0.4, 0.5) is 0 Å². The van der Waals surface area contributed by atoms with Crippen LogP contribution >= 0.6 is 0 Å². The number of hydrogen-bond donors (Lipinski definition) is 2. The lowest BCUT2D eigenvalue weighted by atomic mass is 10.1. The van der Waals surface area contributed by atoms with Gasteiger partial charge < -0.3 is 9.72 Å². The number of nitrogens with one attached hydrogen (secondary N) is 2. The number of H-pyrrole nitrogens is 1. The van der Waals surface area contributed by atoms with Gasteiger partial charge in [0.2, 0.25) is 0 Å². The second kappa shape index (κ2) is 7.61. The number of rotatable bonds is 7. The zero-order valence-corrected chi connectivity index (χ0v) is 15.5. The fourth-order valence-corrected chi connectivity index (χ4v) is 3.53. The van der Waals surface area contributed by atoms with E-state index in [0.29, 0.717) is 12.4 Å². The Balaban J connectivity index is 1.77. The number of fused-ring (bicyclic) bond motifs is 1. The maximum atomic E-state index is 12.3. The van der Waals surface area contributed by atoms with Crippen LogP contribution in [0.15, 0.2) is 58.7 Å². The van der Waals surface area contributed by atoms with Gasteiger partial charge >= 0.3 is 0 Å². The molecule has 0 radical (unpaired) electrons. The van der Waals surface area contributed by atoms with Gasteiger partial charge in [-0.25, -0.2) is 4.83 Å². The average Bonchev–Trinajstić information content (AvgIpc) is 3.06. The van der Waals surface area contributed by atoms with Gasteiger partial charge in [0.15, 0.2) is 0 Å². The summed E-state index contributed by atoms with van der Waals surface area (Å²) < 4.78 is 30.0. The maximum Gasteiger partial charge on any atom is 0.276 e. The van der Waals surface area contributed by atoms with Crippen molar-refractivity contribution in [3.05, 3.63) is 59.8 Å². The van der Waals surface area contributed by atoms with E-state index in [2.05, 4.69) is 27.9 Å². The third-order valence-corrected chi connectivity index (χ3v) is 5.27. The van der Waals surface area contributed by atoms with Crippen LogP contribution in [0.25, 0.3) is 10.9 Å². The first-order valence-corrected chi connectivity index (χ1v) is 9.90. The van der Waals surface area contributed by atoms with Gasteiger partial charge in [-0.3, -0.25) is 0 Å². The topological polar surface area (TPSA) is 83.6 Å². The first-order valence-electron chi connectivity index (χ1n) is 8.42. The van der Waals surface area contributed by atoms with Crippen molar-refractivity contribution in [2.45, 2.75) is 25.2 Å². The monoisotopic (exact) mass is 371 g/mol. The minimum atomic E-state index is -3.72. The van der Waals surface area contributed by atoms with E-state index in [4.69, 9.17) is 4.74 Å². The molecular formula is C19H21N3O3S. The van der Waals surface area contributed by atoms with Gasteiger partial charge in [-0.05, 0) is 43.2 Å².